The van der Waals surface area contributed by atoms with Crippen molar-refractivity contribution in [1.29, 1.82) is 0 Å². The van der Waals surface area contributed by atoms with Crippen molar-refractivity contribution < 1.29 is 9.47 Å². The van der Waals surface area contributed by atoms with Gasteiger partial charge in [0.2, 0.25) is 5.88 Å². The number of likely N-dealkylation sites (N-methyl/N-ethyl adjacent to an activating group) is 1. The van der Waals surface area contributed by atoms with Crippen molar-refractivity contribution in [3.63, 3.8) is 0 Å². The maximum atomic E-state index is 5.69. The van der Waals surface area contributed by atoms with E-state index in [9.17, 15) is 0 Å². The fourth-order valence-electron chi connectivity index (χ4n) is 2.48. The minimum absolute atomic E-state index is 0.0184. The zero-order chi connectivity index (χ0) is 12.3. The second-order valence-electron chi connectivity index (χ2n) is 4.29. The first-order chi connectivity index (χ1) is 8.27. The number of aromatic nitrogens is 2. The van der Waals surface area contributed by atoms with Gasteiger partial charge in [-0.15, -0.1) is 0 Å². The molecule has 1 heterocycles. The molecule has 1 saturated carbocycles. The Morgan fingerprint density at radius 3 is 2.47 bits per heavy atom. The van der Waals surface area contributed by atoms with Crippen LogP contribution in [-0.2, 0) is 4.74 Å². The topological polar surface area (TPSA) is 56.3 Å². The number of nitrogens with zero attached hydrogens (tertiary/aromatic N) is 2. The van der Waals surface area contributed by atoms with Crippen LogP contribution in [0.2, 0.25) is 0 Å². The molecule has 1 fully saturated rings. The molecule has 1 atom stereocenters. The van der Waals surface area contributed by atoms with E-state index in [2.05, 4.69) is 15.3 Å². The summed E-state index contributed by atoms with van der Waals surface area (Å²) in [6.45, 7) is 0. The van der Waals surface area contributed by atoms with Crippen LogP contribution < -0.4 is 10.1 Å². The second kappa shape index (κ2) is 4.98. The number of hydrogen-bond acceptors (Lipinski definition) is 5. The SMILES string of the molecule is CNC(c1nccnc1OC)C1(OC)CCC1. The monoisotopic (exact) mass is 237 g/mol. The number of ether oxygens (including phenoxy) is 2. The van der Waals surface area contributed by atoms with Crippen LogP contribution in [0.1, 0.15) is 31.0 Å². The lowest BCUT2D eigenvalue weighted by Crippen LogP contribution is -2.50. The van der Waals surface area contributed by atoms with Crippen molar-refractivity contribution in [3.8, 4) is 5.88 Å². The summed E-state index contributed by atoms with van der Waals surface area (Å²) in [4.78, 5) is 8.58. The van der Waals surface area contributed by atoms with Gasteiger partial charge in [-0.25, -0.2) is 4.98 Å². The summed E-state index contributed by atoms with van der Waals surface area (Å²) in [6, 6.07) is 0.0184. The van der Waals surface area contributed by atoms with Crippen LogP contribution in [0.3, 0.4) is 0 Å². The van der Waals surface area contributed by atoms with Gasteiger partial charge in [0.15, 0.2) is 0 Å². The van der Waals surface area contributed by atoms with Crippen molar-refractivity contribution in [1.82, 2.24) is 15.3 Å². The molecule has 0 aliphatic heterocycles. The minimum Gasteiger partial charge on any atom is -0.480 e. The van der Waals surface area contributed by atoms with E-state index in [-0.39, 0.29) is 11.6 Å². The standard InChI is InChI=1S/C12H19N3O2/c1-13-10(12(17-3)5-4-6-12)9-11(16-2)15-8-7-14-9/h7-8,10,13H,4-6H2,1-3H3. The number of rotatable bonds is 5. The summed E-state index contributed by atoms with van der Waals surface area (Å²) >= 11 is 0. The third kappa shape index (κ3) is 2.00. The predicted molar refractivity (Wildman–Crippen MR) is 64.0 cm³/mol. The summed E-state index contributed by atoms with van der Waals surface area (Å²) in [5.74, 6) is 0.565. The quantitative estimate of drug-likeness (QED) is 0.837. The van der Waals surface area contributed by atoms with Crippen LogP contribution >= 0.6 is 0 Å². The molecule has 0 bridgehead atoms. The molecule has 1 aliphatic carbocycles. The molecule has 1 N–H and O–H groups in total. The average molecular weight is 237 g/mol. The maximum Gasteiger partial charge on any atom is 0.237 e. The average Bonchev–Trinajstić information content (AvgIpc) is 2.33. The molecule has 0 aromatic carbocycles. The lowest BCUT2D eigenvalue weighted by Gasteiger charge is -2.46. The van der Waals surface area contributed by atoms with Crippen LogP contribution in [-0.4, -0.2) is 36.8 Å². The highest BCUT2D eigenvalue weighted by Gasteiger charge is 2.46. The molecule has 1 aromatic heterocycles. The van der Waals surface area contributed by atoms with Gasteiger partial charge in [-0.05, 0) is 26.3 Å². The zero-order valence-electron chi connectivity index (χ0n) is 10.6. The molecule has 5 heteroatoms. The van der Waals surface area contributed by atoms with E-state index in [1.807, 2.05) is 7.05 Å². The first kappa shape index (κ1) is 12.3. The third-order valence-corrected chi connectivity index (χ3v) is 3.58. The Labute approximate surface area is 102 Å². The Morgan fingerprint density at radius 2 is 2.00 bits per heavy atom. The molecular formula is C12H19N3O2. The first-order valence-corrected chi connectivity index (χ1v) is 5.84. The molecule has 1 unspecified atom stereocenters. The highest BCUT2D eigenvalue weighted by molar-refractivity contribution is 5.25. The van der Waals surface area contributed by atoms with Crippen molar-refractivity contribution in [2.24, 2.45) is 0 Å². The Kier molecular flexibility index (Phi) is 3.59. The molecule has 0 spiro atoms. The van der Waals surface area contributed by atoms with E-state index >= 15 is 0 Å². The van der Waals surface area contributed by atoms with Gasteiger partial charge in [0, 0.05) is 19.5 Å². The van der Waals surface area contributed by atoms with E-state index < -0.39 is 0 Å². The zero-order valence-corrected chi connectivity index (χ0v) is 10.6. The second-order valence-corrected chi connectivity index (χ2v) is 4.29. The normalized spacial score (nSPS) is 19.5. The van der Waals surface area contributed by atoms with E-state index in [0.717, 1.165) is 18.5 Å². The van der Waals surface area contributed by atoms with Crippen LogP contribution in [0, 0.1) is 0 Å². The van der Waals surface area contributed by atoms with Gasteiger partial charge in [0.05, 0.1) is 18.8 Å². The summed E-state index contributed by atoms with van der Waals surface area (Å²) in [5.41, 5.74) is 0.650. The van der Waals surface area contributed by atoms with Crippen LogP contribution in [0.5, 0.6) is 5.88 Å². The minimum atomic E-state index is -0.169. The molecule has 0 saturated heterocycles. The smallest absolute Gasteiger partial charge is 0.237 e. The van der Waals surface area contributed by atoms with Crippen molar-refractivity contribution in [2.75, 3.05) is 21.3 Å². The Morgan fingerprint density at radius 1 is 1.29 bits per heavy atom. The van der Waals surface area contributed by atoms with E-state index in [4.69, 9.17) is 9.47 Å². The lowest BCUT2D eigenvalue weighted by molar-refractivity contribution is -0.0996. The van der Waals surface area contributed by atoms with Gasteiger partial charge in [-0.3, -0.25) is 4.98 Å². The Bertz CT molecular complexity index is 374. The molecule has 94 valence electrons. The number of hydrogen-bond donors (Lipinski definition) is 1. The highest BCUT2D eigenvalue weighted by atomic mass is 16.5. The van der Waals surface area contributed by atoms with Gasteiger partial charge >= 0.3 is 0 Å². The molecule has 1 aromatic rings. The molecule has 17 heavy (non-hydrogen) atoms. The van der Waals surface area contributed by atoms with Crippen LogP contribution in [0.25, 0.3) is 0 Å². The van der Waals surface area contributed by atoms with E-state index in [0.29, 0.717) is 5.88 Å². The summed E-state index contributed by atoms with van der Waals surface area (Å²) in [7, 11) is 5.28. The van der Waals surface area contributed by atoms with Gasteiger partial charge in [0.1, 0.15) is 5.69 Å². The van der Waals surface area contributed by atoms with Crippen molar-refractivity contribution in [3.05, 3.63) is 18.1 Å². The molecule has 1 aliphatic rings. The predicted octanol–water partition coefficient (Wildman–Crippen LogP) is 1.31. The number of nitrogens with one attached hydrogen (secondary N) is 1. The number of methoxy groups -OCH3 is 2. The first-order valence-electron chi connectivity index (χ1n) is 5.84. The molecule has 5 nitrogen and oxygen atoms in total. The van der Waals surface area contributed by atoms with Gasteiger partial charge in [0.25, 0.3) is 0 Å². The van der Waals surface area contributed by atoms with Crippen LogP contribution in [0.4, 0.5) is 0 Å². The molecule has 0 amide bonds. The fraction of sp³-hybridized carbons (Fsp3) is 0.667. The largest absolute Gasteiger partial charge is 0.480 e. The van der Waals surface area contributed by atoms with E-state index in [1.165, 1.54) is 6.42 Å². The van der Waals surface area contributed by atoms with Crippen molar-refractivity contribution >= 4 is 0 Å². The lowest BCUT2D eigenvalue weighted by atomic mass is 9.73. The third-order valence-electron chi connectivity index (χ3n) is 3.58. The summed E-state index contributed by atoms with van der Waals surface area (Å²) in [5, 5.41) is 3.28. The van der Waals surface area contributed by atoms with Gasteiger partial charge in [-0.1, -0.05) is 0 Å². The molecule has 2 rings (SSSR count). The molecular weight excluding hydrogens is 218 g/mol. The van der Waals surface area contributed by atoms with Gasteiger partial charge in [-0.2, -0.15) is 0 Å². The maximum absolute atomic E-state index is 5.69. The Hall–Kier alpha value is -1.20. The van der Waals surface area contributed by atoms with Crippen molar-refractivity contribution in [2.45, 2.75) is 30.9 Å². The summed E-state index contributed by atoms with van der Waals surface area (Å²) < 4.78 is 11.0. The van der Waals surface area contributed by atoms with Gasteiger partial charge < -0.3 is 14.8 Å². The Balaban J connectivity index is 2.34. The summed E-state index contributed by atoms with van der Waals surface area (Å²) in [6.07, 6.45) is 6.58. The highest BCUT2D eigenvalue weighted by Crippen LogP contribution is 2.45. The van der Waals surface area contributed by atoms with E-state index in [1.54, 1.807) is 26.6 Å². The van der Waals surface area contributed by atoms with Crippen LogP contribution in [0.15, 0.2) is 12.4 Å². The fourth-order valence-corrected chi connectivity index (χ4v) is 2.48. The molecule has 0 radical (unpaired) electrons.